The molecule has 0 amide bonds. The standard InChI is InChI=1S/C18H24N2/c1-14-8-4-6-10-16(14)13-20(3)18(12-19)17-11-7-5-9-15(17)2/h4-11,18H,12-13,19H2,1-3H3. The Morgan fingerprint density at radius 1 is 0.950 bits per heavy atom. The fourth-order valence-corrected chi connectivity index (χ4v) is 2.67. The molecule has 2 nitrogen and oxygen atoms in total. The molecule has 0 aliphatic rings. The average molecular weight is 268 g/mol. The van der Waals surface area contributed by atoms with E-state index in [-0.39, 0.29) is 6.04 Å². The lowest BCUT2D eigenvalue weighted by atomic mass is 9.99. The zero-order chi connectivity index (χ0) is 14.5. The molecule has 0 saturated carbocycles. The molecule has 0 bridgehead atoms. The van der Waals surface area contributed by atoms with E-state index in [1.165, 1.54) is 22.3 Å². The molecule has 2 heteroatoms. The van der Waals surface area contributed by atoms with E-state index in [0.29, 0.717) is 6.54 Å². The molecule has 0 aliphatic heterocycles. The molecule has 0 heterocycles. The van der Waals surface area contributed by atoms with Crippen LogP contribution in [0.25, 0.3) is 0 Å². The van der Waals surface area contributed by atoms with Crippen LogP contribution in [0.4, 0.5) is 0 Å². The molecule has 0 radical (unpaired) electrons. The summed E-state index contributed by atoms with van der Waals surface area (Å²) in [5.74, 6) is 0. The van der Waals surface area contributed by atoms with Gasteiger partial charge in [0.25, 0.3) is 0 Å². The van der Waals surface area contributed by atoms with Crippen LogP contribution in [0, 0.1) is 13.8 Å². The van der Waals surface area contributed by atoms with Gasteiger partial charge >= 0.3 is 0 Å². The summed E-state index contributed by atoms with van der Waals surface area (Å²) in [6.07, 6.45) is 0. The second-order valence-electron chi connectivity index (χ2n) is 5.45. The summed E-state index contributed by atoms with van der Waals surface area (Å²) in [7, 11) is 2.15. The molecule has 2 aromatic carbocycles. The van der Waals surface area contributed by atoms with Crippen molar-refractivity contribution in [2.75, 3.05) is 13.6 Å². The number of hydrogen-bond acceptors (Lipinski definition) is 2. The van der Waals surface area contributed by atoms with Gasteiger partial charge in [0.15, 0.2) is 0 Å². The Balaban J connectivity index is 2.20. The fourth-order valence-electron chi connectivity index (χ4n) is 2.67. The second kappa shape index (κ2) is 6.69. The van der Waals surface area contributed by atoms with E-state index in [4.69, 9.17) is 5.73 Å². The van der Waals surface area contributed by atoms with E-state index in [9.17, 15) is 0 Å². The van der Waals surface area contributed by atoms with Gasteiger partial charge in [-0.2, -0.15) is 0 Å². The monoisotopic (exact) mass is 268 g/mol. The Morgan fingerprint density at radius 3 is 2.15 bits per heavy atom. The lowest BCUT2D eigenvalue weighted by Crippen LogP contribution is -2.30. The zero-order valence-corrected chi connectivity index (χ0v) is 12.6. The van der Waals surface area contributed by atoms with E-state index in [1.54, 1.807) is 0 Å². The normalized spacial score (nSPS) is 12.7. The van der Waals surface area contributed by atoms with Gasteiger partial charge in [0.05, 0.1) is 0 Å². The predicted octanol–water partition coefficient (Wildman–Crippen LogP) is 3.44. The van der Waals surface area contributed by atoms with Crippen LogP contribution in [-0.4, -0.2) is 18.5 Å². The Kier molecular flexibility index (Phi) is 4.94. The Hall–Kier alpha value is -1.64. The van der Waals surface area contributed by atoms with Crippen molar-refractivity contribution < 1.29 is 0 Å². The number of aryl methyl sites for hydroxylation is 2. The highest BCUT2D eigenvalue weighted by molar-refractivity contribution is 5.30. The number of nitrogens with two attached hydrogens (primary N) is 1. The average Bonchev–Trinajstić information content (AvgIpc) is 2.44. The molecule has 2 rings (SSSR count). The second-order valence-corrected chi connectivity index (χ2v) is 5.45. The molecule has 0 aromatic heterocycles. The van der Waals surface area contributed by atoms with Gasteiger partial charge in [-0.05, 0) is 43.1 Å². The third-order valence-electron chi connectivity index (χ3n) is 3.98. The molecule has 2 aromatic rings. The van der Waals surface area contributed by atoms with Crippen LogP contribution in [0.3, 0.4) is 0 Å². The van der Waals surface area contributed by atoms with E-state index < -0.39 is 0 Å². The van der Waals surface area contributed by atoms with Crippen molar-refractivity contribution in [3.05, 3.63) is 70.8 Å². The first-order valence-corrected chi connectivity index (χ1v) is 7.14. The van der Waals surface area contributed by atoms with E-state index >= 15 is 0 Å². The van der Waals surface area contributed by atoms with Crippen LogP contribution in [0.1, 0.15) is 28.3 Å². The maximum Gasteiger partial charge on any atom is 0.0473 e. The first kappa shape index (κ1) is 14.8. The molecular weight excluding hydrogens is 244 g/mol. The molecule has 0 spiro atoms. The van der Waals surface area contributed by atoms with Crippen LogP contribution in [0.5, 0.6) is 0 Å². The molecular formula is C18H24N2. The van der Waals surface area contributed by atoms with Crippen LogP contribution >= 0.6 is 0 Å². The summed E-state index contributed by atoms with van der Waals surface area (Å²) < 4.78 is 0. The van der Waals surface area contributed by atoms with Gasteiger partial charge in [-0.15, -0.1) is 0 Å². The highest BCUT2D eigenvalue weighted by atomic mass is 15.1. The molecule has 1 atom stereocenters. The van der Waals surface area contributed by atoms with E-state index in [1.807, 2.05) is 0 Å². The van der Waals surface area contributed by atoms with Crippen molar-refractivity contribution >= 4 is 0 Å². The number of likely N-dealkylation sites (N-methyl/N-ethyl adjacent to an activating group) is 1. The SMILES string of the molecule is Cc1ccccc1CN(C)C(CN)c1ccccc1C. The summed E-state index contributed by atoms with van der Waals surface area (Å²) in [4.78, 5) is 2.34. The van der Waals surface area contributed by atoms with Crippen LogP contribution < -0.4 is 5.73 Å². The fraction of sp³-hybridized carbons (Fsp3) is 0.333. The summed E-state index contributed by atoms with van der Waals surface area (Å²) in [6, 6.07) is 17.3. The van der Waals surface area contributed by atoms with Crippen molar-refractivity contribution in [1.29, 1.82) is 0 Å². The third-order valence-corrected chi connectivity index (χ3v) is 3.98. The highest BCUT2D eigenvalue weighted by Crippen LogP contribution is 2.23. The Labute approximate surface area is 122 Å². The molecule has 0 fully saturated rings. The molecule has 1 unspecified atom stereocenters. The van der Waals surface area contributed by atoms with Gasteiger partial charge in [0.2, 0.25) is 0 Å². The maximum atomic E-state index is 6.02. The third kappa shape index (κ3) is 3.27. The van der Waals surface area contributed by atoms with Crippen LogP contribution in [0.2, 0.25) is 0 Å². The molecule has 0 saturated heterocycles. The topological polar surface area (TPSA) is 29.3 Å². The number of benzene rings is 2. The van der Waals surface area contributed by atoms with Gasteiger partial charge in [-0.3, -0.25) is 4.90 Å². The maximum absolute atomic E-state index is 6.02. The number of nitrogens with zero attached hydrogens (tertiary/aromatic N) is 1. The zero-order valence-electron chi connectivity index (χ0n) is 12.6. The lowest BCUT2D eigenvalue weighted by molar-refractivity contribution is 0.240. The van der Waals surface area contributed by atoms with Crippen molar-refractivity contribution in [3.8, 4) is 0 Å². The summed E-state index contributed by atoms with van der Waals surface area (Å²) in [5, 5.41) is 0. The predicted molar refractivity (Wildman–Crippen MR) is 85.6 cm³/mol. The molecule has 0 aliphatic carbocycles. The quantitative estimate of drug-likeness (QED) is 0.900. The van der Waals surface area contributed by atoms with Gasteiger partial charge in [-0.25, -0.2) is 0 Å². The Morgan fingerprint density at radius 2 is 1.55 bits per heavy atom. The van der Waals surface area contributed by atoms with Gasteiger partial charge in [0.1, 0.15) is 0 Å². The van der Waals surface area contributed by atoms with E-state index in [2.05, 4.69) is 74.3 Å². The van der Waals surface area contributed by atoms with Gasteiger partial charge < -0.3 is 5.73 Å². The van der Waals surface area contributed by atoms with Crippen molar-refractivity contribution in [3.63, 3.8) is 0 Å². The Bertz CT molecular complexity index is 563. The minimum Gasteiger partial charge on any atom is -0.329 e. The highest BCUT2D eigenvalue weighted by Gasteiger charge is 2.17. The number of rotatable bonds is 5. The summed E-state index contributed by atoms with van der Waals surface area (Å²) in [5.41, 5.74) is 11.4. The number of hydrogen-bond donors (Lipinski definition) is 1. The largest absolute Gasteiger partial charge is 0.329 e. The minimum absolute atomic E-state index is 0.260. The van der Waals surface area contributed by atoms with Crippen LogP contribution in [-0.2, 0) is 6.54 Å². The smallest absolute Gasteiger partial charge is 0.0473 e. The van der Waals surface area contributed by atoms with Gasteiger partial charge in [0, 0.05) is 19.1 Å². The van der Waals surface area contributed by atoms with Crippen molar-refractivity contribution in [2.24, 2.45) is 5.73 Å². The molecule has 106 valence electrons. The lowest BCUT2D eigenvalue weighted by Gasteiger charge is -2.29. The van der Waals surface area contributed by atoms with Crippen molar-refractivity contribution in [2.45, 2.75) is 26.4 Å². The van der Waals surface area contributed by atoms with Crippen LogP contribution in [0.15, 0.2) is 48.5 Å². The molecule has 20 heavy (non-hydrogen) atoms. The minimum atomic E-state index is 0.260. The van der Waals surface area contributed by atoms with Gasteiger partial charge in [-0.1, -0.05) is 48.5 Å². The molecule has 2 N–H and O–H groups in total. The first-order valence-electron chi connectivity index (χ1n) is 7.14. The van der Waals surface area contributed by atoms with Crippen molar-refractivity contribution in [1.82, 2.24) is 4.90 Å². The summed E-state index contributed by atoms with van der Waals surface area (Å²) >= 11 is 0. The first-order chi connectivity index (χ1) is 9.63. The summed E-state index contributed by atoms with van der Waals surface area (Å²) in [6.45, 7) is 5.87. The van der Waals surface area contributed by atoms with E-state index in [0.717, 1.165) is 6.54 Å².